The van der Waals surface area contributed by atoms with Crippen molar-refractivity contribution >= 4 is 40.4 Å². The van der Waals surface area contributed by atoms with Crippen LogP contribution in [0.2, 0.25) is 4.34 Å². The van der Waals surface area contributed by atoms with Crippen molar-refractivity contribution in [2.24, 2.45) is 0 Å². The molecule has 0 saturated carbocycles. The predicted octanol–water partition coefficient (Wildman–Crippen LogP) is 4.67. The molecule has 18 heavy (non-hydrogen) atoms. The van der Waals surface area contributed by atoms with Crippen molar-refractivity contribution < 1.29 is 4.74 Å². The highest BCUT2D eigenvalue weighted by Gasteiger charge is 2.05. The van der Waals surface area contributed by atoms with Gasteiger partial charge >= 0.3 is 0 Å². The summed E-state index contributed by atoms with van der Waals surface area (Å²) in [7, 11) is 0. The molecule has 0 radical (unpaired) electrons. The number of ether oxygens (including phenoxy) is 1. The maximum absolute atomic E-state index is 5.96. The standard InChI is InChI=1S/C13H14ClNOS2/c1-2-16-9-3-5-11(15)12(7-9)17-8-10-4-6-13(14)18-10/h3-7H,2,8,15H2,1H3. The minimum atomic E-state index is 0.661. The van der Waals surface area contributed by atoms with Gasteiger partial charge in [-0.05, 0) is 37.3 Å². The largest absolute Gasteiger partial charge is 0.494 e. The molecular formula is C13H14ClNOS2. The summed E-state index contributed by atoms with van der Waals surface area (Å²) in [5.74, 6) is 1.73. The monoisotopic (exact) mass is 299 g/mol. The van der Waals surface area contributed by atoms with Gasteiger partial charge in [-0.3, -0.25) is 0 Å². The van der Waals surface area contributed by atoms with E-state index in [1.54, 1.807) is 23.1 Å². The van der Waals surface area contributed by atoms with Crippen molar-refractivity contribution in [2.75, 3.05) is 12.3 Å². The maximum atomic E-state index is 5.96. The van der Waals surface area contributed by atoms with Crippen molar-refractivity contribution in [3.05, 3.63) is 39.5 Å². The first-order valence-electron chi connectivity index (χ1n) is 5.58. The Hall–Kier alpha value is -0.840. The first kappa shape index (κ1) is 13.6. The van der Waals surface area contributed by atoms with Crippen molar-refractivity contribution in [2.45, 2.75) is 17.6 Å². The van der Waals surface area contributed by atoms with Gasteiger partial charge in [0.15, 0.2) is 0 Å². The van der Waals surface area contributed by atoms with Crippen LogP contribution in [0.4, 0.5) is 5.69 Å². The summed E-state index contributed by atoms with van der Waals surface area (Å²) in [4.78, 5) is 2.29. The topological polar surface area (TPSA) is 35.2 Å². The number of thiophene rings is 1. The fourth-order valence-electron chi connectivity index (χ4n) is 1.47. The van der Waals surface area contributed by atoms with Crippen molar-refractivity contribution in [3.63, 3.8) is 0 Å². The fourth-order valence-corrected chi connectivity index (χ4v) is 3.60. The molecular weight excluding hydrogens is 286 g/mol. The molecule has 1 aromatic carbocycles. The van der Waals surface area contributed by atoms with Crippen LogP contribution >= 0.6 is 34.7 Å². The van der Waals surface area contributed by atoms with Crippen molar-refractivity contribution in [3.8, 4) is 5.75 Å². The summed E-state index contributed by atoms with van der Waals surface area (Å²) in [6, 6.07) is 9.73. The molecule has 1 aromatic heterocycles. The number of halogens is 1. The normalized spacial score (nSPS) is 10.6. The van der Waals surface area contributed by atoms with E-state index in [1.807, 2.05) is 37.3 Å². The first-order valence-corrected chi connectivity index (χ1v) is 7.76. The highest BCUT2D eigenvalue weighted by atomic mass is 35.5. The van der Waals surface area contributed by atoms with Gasteiger partial charge in [-0.25, -0.2) is 0 Å². The molecule has 2 rings (SSSR count). The lowest BCUT2D eigenvalue weighted by atomic mass is 10.3. The van der Waals surface area contributed by atoms with E-state index in [0.717, 1.165) is 26.4 Å². The van der Waals surface area contributed by atoms with E-state index in [1.165, 1.54) is 4.88 Å². The summed E-state index contributed by atoms with van der Waals surface area (Å²) < 4.78 is 6.29. The highest BCUT2D eigenvalue weighted by molar-refractivity contribution is 7.98. The van der Waals surface area contributed by atoms with E-state index in [2.05, 4.69) is 0 Å². The van der Waals surface area contributed by atoms with Crippen molar-refractivity contribution in [1.29, 1.82) is 0 Å². The van der Waals surface area contributed by atoms with Crippen LogP contribution in [0.1, 0.15) is 11.8 Å². The van der Waals surface area contributed by atoms with Gasteiger partial charge in [0.05, 0.1) is 10.9 Å². The summed E-state index contributed by atoms with van der Waals surface area (Å²) in [6.45, 7) is 2.63. The van der Waals surface area contributed by atoms with Crippen LogP contribution in [0.15, 0.2) is 35.2 Å². The number of nitrogens with two attached hydrogens (primary N) is 1. The zero-order valence-electron chi connectivity index (χ0n) is 9.98. The van der Waals surface area contributed by atoms with E-state index in [4.69, 9.17) is 22.1 Å². The molecule has 0 aliphatic rings. The Labute approximate surface area is 120 Å². The predicted molar refractivity (Wildman–Crippen MR) is 80.9 cm³/mol. The number of hydrogen-bond acceptors (Lipinski definition) is 4. The molecule has 0 amide bonds. The van der Waals surface area contributed by atoms with Gasteiger partial charge in [0.2, 0.25) is 0 Å². The Kier molecular flexibility index (Phi) is 4.80. The summed E-state index contributed by atoms with van der Waals surface area (Å²) >= 11 is 9.20. The lowest BCUT2D eigenvalue weighted by Gasteiger charge is -2.08. The van der Waals surface area contributed by atoms with Gasteiger partial charge in [-0.15, -0.1) is 23.1 Å². The lowest BCUT2D eigenvalue weighted by molar-refractivity contribution is 0.339. The highest BCUT2D eigenvalue weighted by Crippen LogP contribution is 2.33. The van der Waals surface area contributed by atoms with E-state index < -0.39 is 0 Å². The zero-order valence-corrected chi connectivity index (χ0v) is 12.4. The van der Waals surface area contributed by atoms with Crippen LogP contribution < -0.4 is 10.5 Å². The van der Waals surface area contributed by atoms with Gasteiger partial charge in [0.1, 0.15) is 5.75 Å². The Bertz CT molecular complexity index is 527. The summed E-state index contributed by atoms with van der Waals surface area (Å²) in [5.41, 5.74) is 6.74. The molecule has 0 spiro atoms. The van der Waals surface area contributed by atoms with Crippen LogP contribution in [0.3, 0.4) is 0 Å². The van der Waals surface area contributed by atoms with Crippen LogP contribution in [0.5, 0.6) is 5.75 Å². The third-order valence-electron chi connectivity index (χ3n) is 2.29. The van der Waals surface area contributed by atoms with E-state index in [9.17, 15) is 0 Å². The molecule has 1 heterocycles. The Morgan fingerprint density at radius 3 is 2.83 bits per heavy atom. The Morgan fingerprint density at radius 1 is 1.33 bits per heavy atom. The number of benzene rings is 1. The molecule has 2 aromatic rings. The SMILES string of the molecule is CCOc1ccc(N)c(SCc2ccc(Cl)s2)c1. The molecule has 0 fully saturated rings. The number of thioether (sulfide) groups is 1. The van der Waals surface area contributed by atoms with Crippen LogP contribution in [0, 0.1) is 0 Å². The Morgan fingerprint density at radius 2 is 2.17 bits per heavy atom. The molecule has 5 heteroatoms. The number of hydrogen-bond donors (Lipinski definition) is 1. The fraction of sp³-hybridized carbons (Fsp3) is 0.231. The summed E-state index contributed by atoms with van der Waals surface area (Å²) in [5, 5.41) is 0. The van der Waals surface area contributed by atoms with Gasteiger partial charge < -0.3 is 10.5 Å². The summed E-state index contributed by atoms with van der Waals surface area (Å²) in [6.07, 6.45) is 0. The third-order valence-corrected chi connectivity index (χ3v) is 4.83. The molecule has 0 unspecified atom stereocenters. The second-order valence-electron chi connectivity index (χ2n) is 3.63. The van der Waals surface area contributed by atoms with Crippen LogP contribution in [-0.4, -0.2) is 6.61 Å². The average Bonchev–Trinajstić information content (AvgIpc) is 2.76. The van der Waals surface area contributed by atoms with Crippen molar-refractivity contribution in [1.82, 2.24) is 0 Å². The minimum absolute atomic E-state index is 0.661. The quantitative estimate of drug-likeness (QED) is 0.643. The van der Waals surface area contributed by atoms with Gasteiger partial charge in [0, 0.05) is 21.2 Å². The van der Waals surface area contributed by atoms with Gasteiger partial charge in [-0.2, -0.15) is 0 Å². The lowest BCUT2D eigenvalue weighted by Crippen LogP contribution is -1.94. The molecule has 2 nitrogen and oxygen atoms in total. The molecule has 2 N–H and O–H groups in total. The smallest absolute Gasteiger partial charge is 0.120 e. The molecule has 0 aliphatic heterocycles. The van der Waals surface area contributed by atoms with Gasteiger partial charge in [0.25, 0.3) is 0 Å². The molecule has 96 valence electrons. The third kappa shape index (κ3) is 3.57. The number of nitrogen functional groups attached to an aromatic ring is 1. The molecule has 0 aliphatic carbocycles. The molecule has 0 atom stereocenters. The number of rotatable bonds is 5. The first-order chi connectivity index (χ1) is 8.69. The Balaban J connectivity index is 2.05. The average molecular weight is 300 g/mol. The van der Waals surface area contributed by atoms with Gasteiger partial charge in [-0.1, -0.05) is 11.6 Å². The second kappa shape index (κ2) is 6.36. The minimum Gasteiger partial charge on any atom is -0.494 e. The number of anilines is 1. The molecule has 0 bridgehead atoms. The van der Waals surface area contributed by atoms with E-state index in [0.29, 0.717) is 6.61 Å². The van der Waals surface area contributed by atoms with E-state index in [-0.39, 0.29) is 0 Å². The molecule has 0 saturated heterocycles. The van der Waals surface area contributed by atoms with Crippen LogP contribution in [-0.2, 0) is 5.75 Å². The second-order valence-corrected chi connectivity index (χ2v) is 6.44. The van der Waals surface area contributed by atoms with E-state index >= 15 is 0 Å². The maximum Gasteiger partial charge on any atom is 0.120 e. The zero-order chi connectivity index (χ0) is 13.0. The van der Waals surface area contributed by atoms with Crippen LogP contribution in [0.25, 0.3) is 0 Å².